The van der Waals surface area contributed by atoms with Crippen molar-refractivity contribution in [2.45, 2.75) is 18.9 Å². The Hall–Kier alpha value is -1.44. The van der Waals surface area contributed by atoms with Crippen molar-refractivity contribution in [2.75, 3.05) is 19.6 Å². The molecule has 1 aromatic rings. The number of aliphatic hydroxyl groups is 1. The minimum Gasteiger partial charge on any atom is -0.385 e. The maximum absolute atomic E-state index is 10.1. The second-order valence-electron chi connectivity index (χ2n) is 4.44. The Morgan fingerprint density at radius 3 is 2.76 bits per heavy atom. The summed E-state index contributed by atoms with van der Waals surface area (Å²) in [6.07, 6.45) is 3.24. The van der Waals surface area contributed by atoms with E-state index in [4.69, 9.17) is 5.26 Å². The zero-order valence-corrected chi connectivity index (χ0v) is 9.79. The van der Waals surface area contributed by atoms with E-state index in [2.05, 4.69) is 16.0 Å². The topological polar surface area (TPSA) is 60.2 Å². The van der Waals surface area contributed by atoms with Gasteiger partial charge < -0.3 is 10.0 Å². The van der Waals surface area contributed by atoms with Gasteiger partial charge in [0, 0.05) is 12.7 Å². The first kappa shape index (κ1) is 12.0. The second-order valence-corrected chi connectivity index (χ2v) is 4.44. The number of hydrogen-bond acceptors (Lipinski definition) is 4. The molecule has 2 heterocycles. The molecule has 2 atom stereocenters. The number of aromatic nitrogens is 1. The van der Waals surface area contributed by atoms with Crippen molar-refractivity contribution in [3.63, 3.8) is 0 Å². The molecule has 0 aliphatic carbocycles. The van der Waals surface area contributed by atoms with E-state index in [1.807, 2.05) is 6.07 Å². The van der Waals surface area contributed by atoms with Crippen LogP contribution < -0.4 is 0 Å². The van der Waals surface area contributed by atoms with Gasteiger partial charge in [0.15, 0.2) is 0 Å². The summed E-state index contributed by atoms with van der Waals surface area (Å²) in [5.74, 6) is -0.400. The minimum atomic E-state index is -0.790. The van der Waals surface area contributed by atoms with E-state index in [-0.39, 0.29) is 0 Å². The van der Waals surface area contributed by atoms with Crippen molar-refractivity contribution in [1.82, 2.24) is 9.88 Å². The van der Waals surface area contributed by atoms with Crippen LogP contribution in [0.3, 0.4) is 0 Å². The van der Waals surface area contributed by atoms with Crippen molar-refractivity contribution >= 4 is 0 Å². The lowest BCUT2D eigenvalue weighted by Gasteiger charge is -2.22. The van der Waals surface area contributed by atoms with Gasteiger partial charge in [0.1, 0.15) is 6.10 Å². The molecular formula is C13H17N3O. The van der Waals surface area contributed by atoms with Gasteiger partial charge in [-0.15, -0.1) is 0 Å². The van der Waals surface area contributed by atoms with E-state index >= 15 is 0 Å². The molecule has 17 heavy (non-hydrogen) atoms. The van der Waals surface area contributed by atoms with Gasteiger partial charge in [-0.3, -0.25) is 4.98 Å². The lowest BCUT2D eigenvalue weighted by Crippen LogP contribution is -2.29. The quantitative estimate of drug-likeness (QED) is 0.849. The van der Waals surface area contributed by atoms with E-state index in [9.17, 15) is 5.11 Å². The fourth-order valence-electron chi connectivity index (χ4n) is 2.21. The van der Waals surface area contributed by atoms with Crippen molar-refractivity contribution in [3.05, 3.63) is 30.1 Å². The molecule has 4 heteroatoms. The SMILES string of the molecule is N#C[C@@H](CN1CCCC1)[C@H](O)c1ccccn1. The van der Waals surface area contributed by atoms with E-state index < -0.39 is 12.0 Å². The molecule has 4 nitrogen and oxygen atoms in total. The minimum absolute atomic E-state index is 0.400. The summed E-state index contributed by atoms with van der Waals surface area (Å²) in [5, 5.41) is 19.3. The Balaban J connectivity index is 2.00. The van der Waals surface area contributed by atoms with Crippen LogP contribution >= 0.6 is 0 Å². The second kappa shape index (κ2) is 5.76. The van der Waals surface area contributed by atoms with Crippen molar-refractivity contribution < 1.29 is 5.11 Å². The van der Waals surface area contributed by atoms with Crippen LogP contribution in [-0.4, -0.2) is 34.6 Å². The van der Waals surface area contributed by atoms with Crippen LogP contribution in [0, 0.1) is 17.2 Å². The summed E-state index contributed by atoms with van der Waals surface area (Å²) < 4.78 is 0. The highest BCUT2D eigenvalue weighted by Gasteiger charge is 2.25. The average molecular weight is 231 g/mol. The number of pyridine rings is 1. The molecule has 0 unspecified atom stereocenters. The summed E-state index contributed by atoms with van der Waals surface area (Å²) in [4.78, 5) is 6.34. The normalized spacial score (nSPS) is 19.8. The lowest BCUT2D eigenvalue weighted by molar-refractivity contribution is 0.109. The number of hydrogen-bond donors (Lipinski definition) is 1. The van der Waals surface area contributed by atoms with Gasteiger partial charge in [-0.05, 0) is 38.1 Å². The van der Waals surface area contributed by atoms with E-state index in [1.165, 1.54) is 12.8 Å². The van der Waals surface area contributed by atoms with Gasteiger partial charge in [-0.1, -0.05) is 6.07 Å². The first-order chi connectivity index (χ1) is 8.31. The van der Waals surface area contributed by atoms with Crippen molar-refractivity contribution in [1.29, 1.82) is 5.26 Å². The average Bonchev–Trinajstić information content (AvgIpc) is 2.89. The molecule has 0 bridgehead atoms. The van der Waals surface area contributed by atoms with Gasteiger partial charge >= 0.3 is 0 Å². The van der Waals surface area contributed by atoms with Crippen LogP contribution in [-0.2, 0) is 0 Å². The first-order valence-corrected chi connectivity index (χ1v) is 6.02. The fourth-order valence-corrected chi connectivity index (χ4v) is 2.21. The zero-order chi connectivity index (χ0) is 12.1. The highest BCUT2D eigenvalue weighted by atomic mass is 16.3. The smallest absolute Gasteiger partial charge is 0.113 e. The van der Waals surface area contributed by atoms with Gasteiger partial charge in [0.05, 0.1) is 17.7 Å². The Bertz CT molecular complexity index is 381. The summed E-state index contributed by atoms with van der Waals surface area (Å²) in [6.45, 7) is 2.70. The molecule has 1 aliphatic rings. The van der Waals surface area contributed by atoms with Crippen molar-refractivity contribution in [2.24, 2.45) is 5.92 Å². The number of nitriles is 1. The Morgan fingerprint density at radius 2 is 2.18 bits per heavy atom. The lowest BCUT2D eigenvalue weighted by atomic mass is 10.0. The highest BCUT2D eigenvalue weighted by molar-refractivity contribution is 5.10. The number of aliphatic hydroxyl groups excluding tert-OH is 1. The van der Waals surface area contributed by atoms with E-state index in [0.717, 1.165) is 13.1 Å². The van der Waals surface area contributed by atoms with Crippen LogP contribution in [0.1, 0.15) is 24.6 Å². The predicted molar refractivity (Wildman–Crippen MR) is 64.0 cm³/mol. The van der Waals surface area contributed by atoms with Crippen LogP contribution in [0.4, 0.5) is 0 Å². The maximum Gasteiger partial charge on any atom is 0.113 e. The van der Waals surface area contributed by atoms with Crippen LogP contribution in [0.2, 0.25) is 0 Å². The molecule has 2 rings (SSSR count). The van der Waals surface area contributed by atoms with Crippen LogP contribution in [0.15, 0.2) is 24.4 Å². The molecule has 0 saturated carbocycles. The standard InChI is InChI=1S/C13H17N3O/c14-9-11(10-16-7-3-4-8-16)13(17)12-5-1-2-6-15-12/h1-2,5-6,11,13,17H,3-4,7-8,10H2/t11-,13-/m0/s1. The van der Waals surface area contributed by atoms with Gasteiger partial charge in [-0.25, -0.2) is 0 Å². The van der Waals surface area contributed by atoms with Crippen LogP contribution in [0.25, 0.3) is 0 Å². The van der Waals surface area contributed by atoms with Crippen molar-refractivity contribution in [3.8, 4) is 6.07 Å². The maximum atomic E-state index is 10.1. The summed E-state index contributed by atoms with van der Waals surface area (Å²) in [6, 6.07) is 7.59. The van der Waals surface area contributed by atoms with Gasteiger partial charge in [-0.2, -0.15) is 5.26 Å². The van der Waals surface area contributed by atoms with E-state index in [1.54, 1.807) is 18.3 Å². The summed E-state index contributed by atoms with van der Waals surface area (Å²) in [7, 11) is 0. The molecule has 1 N–H and O–H groups in total. The molecule has 1 saturated heterocycles. The monoisotopic (exact) mass is 231 g/mol. The molecule has 1 fully saturated rings. The highest BCUT2D eigenvalue weighted by Crippen LogP contribution is 2.22. The summed E-state index contributed by atoms with van der Waals surface area (Å²) in [5.41, 5.74) is 0.582. The molecule has 0 spiro atoms. The predicted octanol–water partition coefficient (Wildman–Crippen LogP) is 1.35. The third-order valence-electron chi connectivity index (χ3n) is 3.19. The fraction of sp³-hybridized carbons (Fsp3) is 0.538. The van der Waals surface area contributed by atoms with Gasteiger partial charge in [0.25, 0.3) is 0 Å². The molecule has 0 radical (unpaired) electrons. The third kappa shape index (κ3) is 3.02. The Kier molecular flexibility index (Phi) is 4.08. The largest absolute Gasteiger partial charge is 0.385 e. The summed E-state index contributed by atoms with van der Waals surface area (Å²) >= 11 is 0. The molecule has 1 aromatic heterocycles. The number of rotatable bonds is 4. The Labute approximate surface area is 102 Å². The molecule has 0 amide bonds. The molecule has 0 aromatic carbocycles. The number of likely N-dealkylation sites (tertiary alicyclic amines) is 1. The first-order valence-electron chi connectivity index (χ1n) is 6.02. The van der Waals surface area contributed by atoms with E-state index in [0.29, 0.717) is 12.2 Å². The third-order valence-corrected chi connectivity index (χ3v) is 3.19. The zero-order valence-electron chi connectivity index (χ0n) is 9.79. The molecule has 1 aliphatic heterocycles. The van der Waals surface area contributed by atoms with Crippen LogP contribution in [0.5, 0.6) is 0 Å². The Morgan fingerprint density at radius 1 is 1.41 bits per heavy atom. The van der Waals surface area contributed by atoms with Gasteiger partial charge in [0.2, 0.25) is 0 Å². The molecular weight excluding hydrogens is 214 g/mol. The number of nitrogens with zero attached hydrogens (tertiary/aromatic N) is 3. The molecule has 90 valence electrons.